The number of thioether (sulfide) groups is 1. The third-order valence-corrected chi connectivity index (χ3v) is 6.17. The van der Waals surface area contributed by atoms with E-state index in [0.717, 1.165) is 17.5 Å². The van der Waals surface area contributed by atoms with Crippen LogP contribution in [-0.4, -0.2) is 58.5 Å². The summed E-state index contributed by atoms with van der Waals surface area (Å²) in [5, 5.41) is 11.6. The molecule has 0 saturated carbocycles. The lowest BCUT2D eigenvalue weighted by Crippen LogP contribution is -2.30. The van der Waals surface area contributed by atoms with Gasteiger partial charge < -0.3 is 24.6 Å². The molecule has 0 radical (unpaired) electrons. The normalized spacial score (nSPS) is 14.2. The Hall–Kier alpha value is -3.57. The number of hydrogen-bond donors (Lipinski definition) is 2. The van der Waals surface area contributed by atoms with Crippen molar-refractivity contribution in [2.75, 3.05) is 31.7 Å². The highest BCUT2D eigenvalue weighted by Crippen LogP contribution is 2.35. The molecule has 0 bridgehead atoms. The highest BCUT2D eigenvalue weighted by molar-refractivity contribution is 8.26. The van der Waals surface area contributed by atoms with E-state index in [4.69, 9.17) is 31.5 Å². The van der Waals surface area contributed by atoms with Crippen LogP contribution in [0, 0.1) is 0 Å². The quantitative estimate of drug-likeness (QED) is 0.308. The Bertz CT molecular complexity index is 1170. The summed E-state index contributed by atoms with van der Waals surface area (Å²) in [4.78, 5) is 37.5. The van der Waals surface area contributed by atoms with Gasteiger partial charge in [0.15, 0.2) is 18.1 Å². The van der Waals surface area contributed by atoms with Gasteiger partial charge in [0, 0.05) is 12.2 Å². The number of aliphatic carboxylic acids is 1. The van der Waals surface area contributed by atoms with Crippen LogP contribution in [0.3, 0.4) is 0 Å². The number of amides is 2. The third-order valence-electron chi connectivity index (χ3n) is 4.80. The fourth-order valence-electron chi connectivity index (χ4n) is 3.20. The van der Waals surface area contributed by atoms with E-state index in [-0.39, 0.29) is 31.4 Å². The van der Waals surface area contributed by atoms with E-state index in [1.165, 1.54) is 4.90 Å². The zero-order chi connectivity index (χ0) is 26.1. The number of benzene rings is 2. The zero-order valence-corrected chi connectivity index (χ0v) is 21.4. The lowest BCUT2D eigenvalue weighted by Gasteiger charge is -2.13. The fourth-order valence-corrected chi connectivity index (χ4v) is 4.50. The van der Waals surface area contributed by atoms with Crippen LogP contribution >= 0.6 is 24.0 Å². The van der Waals surface area contributed by atoms with Crippen molar-refractivity contribution in [1.29, 1.82) is 0 Å². The third kappa shape index (κ3) is 7.46. The largest absolute Gasteiger partial charge is 0.494 e. The Morgan fingerprint density at radius 3 is 2.44 bits per heavy atom. The fraction of sp³-hybridized carbons (Fsp3) is 0.280. The minimum Gasteiger partial charge on any atom is -0.494 e. The minimum absolute atomic E-state index is 0.0209. The molecule has 0 aromatic heterocycles. The first-order valence-electron chi connectivity index (χ1n) is 11.2. The number of carboxylic acids is 1. The molecule has 1 fully saturated rings. The smallest absolute Gasteiger partial charge is 0.305 e. The summed E-state index contributed by atoms with van der Waals surface area (Å²) >= 11 is 6.33. The number of nitrogens with zero attached hydrogens (tertiary/aromatic N) is 1. The number of hydrogen-bond acceptors (Lipinski definition) is 8. The van der Waals surface area contributed by atoms with Gasteiger partial charge in [0.25, 0.3) is 11.8 Å². The number of carboxylic acid groups (broad SMARTS) is 1. The van der Waals surface area contributed by atoms with Gasteiger partial charge in [-0.2, -0.15) is 0 Å². The van der Waals surface area contributed by atoms with Crippen molar-refractivity contribution in [3.8, 4) is 17.2 Å². The predicted molar refractivity (Wildman–Crippen MR) is 141 cm³/mol. The van der Waals surface area contributed by atoms with Crippen molar-refractivity contribution < 1.29 is 33.7 Å². The number of carbonyl (C=O) groups is 3. The minimum atomic E-state index is -1.00. The molecule has 1 aliphatic rings. The van der Waals surface area contributed by atoms with Crippen LogP contribution in [0.25, 0.3) is 6.08 Å². The molecule has 11 heteroatoms. The SMILES string of the molecule is CCOc1ccc(NC(=O)COc2ccc(/C=C3\SC(=S)N(CCC(=O)O)C3=O)cc2OCC)cc1. The van der Waals surface area contributed by atoms with Gasteiger partial charge in [-0.25, -0.2) is 0 Å². The maximum Gasteiger partial charge on any atom is 0.305 e. The van der Waals surface area contributed by atoms with E-state index >= 15 is 0 Å². The molecule has 36 heavy (non-hydrogen) atoms. The maximum atomic E-state index is 12.6. The Kier molecular flexibility index (Phi) is 9.71. The van der Waals surface area contributed by atoms with Crippen molar-refractivity contribution in [3.05, 3.63) is 52.9 Å². The van der Waals surface area contributed by atoms with E-state index in [0.29, 0.717) is 45.2 Å². The van der Waals surface area contributed by atoms with Crippen molar-refractivity contribution in [2.24, 2.45) is 0 Å². The lowest BCUT2D eigenvalue weighted by atomic mass is 10.2. The molecule has 2 aromatic carbocycles. The van der Waals surface area contributed by atoms with Gasteiger partial charge in [0.05, 0.1) is 24.5 Å². The van der Waals surface area contributed by atoms with Crippen LogP contribution in [0.1, 0.15) is 25.8 Å². The first-order valence-corrected chi connectivity index (χ1v) is 12.4. The van der Waals surface area contributed by atoms with Gasteiger partial charge in [0.1, 0.15) is 10.1 Å². The molecule has 2 N–H and O–H groups in total. The van der Waals surface area contributed by atoms with Crippen LogP contribution in [0.2, 0.25) is 0 Å². The Balaban J connectivity index is 1.65. The van der Waals surface area contributed by atoms with Crippen molar-refractivity contribution in [2.45, 2.75) is 20.3 Å². The number of anilines is 1. The molecular weight excluding hydrogens is 504 g/mol. The van der Waals surface area contributed by atoms with Crippen molar-refractivity contribution in [1.82, 2.24) is 4.90 Å². The van der Waals surface area contributed by atoms with E-state index in [1.807, 2.05) is 13.8 Å². The van der Waals surface area contributed by atoms with Gasteiger partial charge in [-0.05, 0) is 61.9 Å². The molecule has 2 amide bonds. The molecule has 1 heterocycles. The average Bonchev–Trinajstić information content (AvgIpc) is 3.10. The summed E-state index contributed by atoms with van der Waals surface area (Å²) in [6.45, 7) is 4.44. The standard InChI is InChI=1S/C25H26N2O7S2/c1-3-32-18-8-6-17(7-9-18)26-22(28)15-34-19-10-5-16(13-20(19)33-4-2)14-21-24(31)27(25(35)36-21)12-11-23(29)30/h5-10,13-14H,3-4,11-12,15H2,1-2H3,(H,26,28)(H,29,30)/b21-14-. The second kappa shape index (κ2) is 12.9. The predicted octanol–water partition coefficient (Wildman–Crippen LogP) is 4.18. The number of nitrogens with one attached hydrogen (secondary N) is 1. The van der Waals surface area contributed by atoms with E-state index in [2.05, 4.69) is 5.32 Å². The van der Waals surface area contributed by atoms with Crippen LogP contribution in [0.15, 0.2) is 47.4 Å². The Morgan fingerprint density at radius 1 is 1.06 bits per heavy atom. The molecule has 0 unspecified atom stereocenters. The molecule has 2 aromatic rings. The van der Waals surface area contributed by atoms with Gasteiger partial charge in [0.2, 0.25) is 0 Å². The number of ether oxygens (including phenoxy) is 3. The first-order chi connectivity index (χ1) is 17.3. The summed E-state index contributed by atoms with van der Waals surface area (Å²) in [7, 11) is 0. The van der Waals surface area contributed by atoms with Gasteiger partial charge in [-0.1, -0.05) is 30.0 Å². The zero-order valence-electron chi connectivity index (χ0n) is 19.8. The molecule has 190 valence electrons. The first kappa shape index (κ1) is 27.0. The molecule has 9 nitrogen and oxygen atoms in total. The molecular formula is C25H26N2O7S2. The summed E-state index contributed by atoms with van der Waals surface area (Å²) in [6, 6.07) is 12.1. The summed E-state index contributed by atoms with van der Waals surface area (Å²) in [6.07, 6.45) is 1.47. The van der Waals surface area contributed by atoms with Crippen molar-refractivity contribution >= 4 is 57.8 Å². The topological polar surface area (TPSA) is 114 Å². The number of rotatable bonds is 12. The number of carbonyl (C=O) groups excluding carboxylic acids is 2. The van der Waals surface area contributed by atoms with E-state index in [1.54, 1.807) is 48.5 Å². The van der Waals surface area contributed by atoms with E-state index < -0.39 is 5.97 Å². The van der Waals surface area contributed by atoms with Gasteiger partial charge in [-0.3, -0.25) is 19.3 Å². The van der Waals surface area contributed by atoms with Crippen LogP contribution < -0.4 is 19.5 Å². The monoisotopic (exact) mass is 530 g/mol. The molecule has 0 aliphatic carbocycles. The number of thiocarbonyl (C=S) groups is 1. The molecule has 0 spiro atoms. The molecule has 0 atom stereocenters. The van der Waals surface area contributed by atoms with Gasteiger partial charge in [-0.15, -0.1) is 0 Å². The highest BCUT2D eigenvalue weighted by Gasteiger charge is 2.32. The summed E-state index contributed by atoms with van der Waals surface area (Å²) in [5.41, 5.74) is 1.29. The van der Waals surface area contributed by atoms with E-state index in [9.17, 15) is 14.4 Å². The average molecular weight is 531 g/mol. The molecule has 1 saturated heterocycles. The Labute approximate surface area is 218 Å². The molecule has 3 rings (SSSR count). The second-order valence-electron chi connectivity index (χ2n) is 7.41. The lowest BCUT2D eigenvalue weighted by molar-refractivity contribution is -0.137. The van der Waals surface area contributed by atoms with Crippen LogP contribution in [0.4, 0.5) is 5.69 Å². The summed E-state index contributed by atoms with van der Waals surface area (Å²) < 4.78 is 17.1. The summed E-state index contributed by atoms with van der Waals surface area (Å²) in [5.74, 6) is -0.161. The Morgan fingerprint density at radius 2 is 1.78 bits per heavy atom. The van der Waals surface area contributed by atoms with Crippen molar-refractivity contribution in [3.63, 3.8) is 0 Å². The molecule has 1 aliphatic heterocycles. The highest BCUT2D eigenvalue weighted by atomic mass is 32.2. The van der Waals surface area contributed by atoms with Crippen LogP contribution in [-0.2, 0) is 14.4 Å². The second-order valence-corrected chi connectivity index (χ2v) is 9.09. The van der Waals surface area contributed by atoms with Crippen LogP contribution in [0.5, 0.6) is 17.2 Å². The maximum absolute atomic E-state index is 12.6. The van der Waals surface area contributed by atoms with Gasteiger partial charge >= 0.3 is 5.97 Å².